The van der Waals surface area contributed by atoms with E-state index < -0.39 is 32.0 Å². The zero-order valence-electron chi connectivity index (χ0n) is 14.0. The van der Waals surface area contributed by atoms with Crippen LogP contribution in [-0.2, 0) is 24.1 Å². The molecule has 136 valence electrons. The normalized spacial score (nSPS) is 11.7. The molecule has 0 aliphatic heterocycles. The minimum atomic E-state index is -4.13. The van der Waals surface area contributed by atoms with Crippen molar-refractivity contribution in [3.8, 4) is 5.75 Å². The first-order valence-corrected chi connectivity index (χ1v) is 8.70. The number of hydrogen-bond acceptors (Lipinski definition) is 5. The highest BCUT2D eigenvalue weighted by Gasteiger charge is 2.26. The summed E-state index contributed by atoms with van der Waals surface area (Å²) >= 11 is 0. The van der Waals surface area contributed by atoms with Crippen molar-refractivity contribution in [1.82, 2.24) is 13.4 Å². The third kappa shape index (κ3) is 3.80. The molecule has 0 saturated carbocycles. The third-order valence-corrected chi connectivity index (χ3v) is 5.44. The fourth-order valence-corrected chi connectivity index (χ4v) is 3.39. The van der Waals surface area contributed by atoms with Gasteiger partial charge in [0.15, 0.2) is 16.5 Å². The number of hydrogen-bond donors (Lipinski definition) is 0. The number of halogens is 1. The van der Waals surface area contributed by atoms with E-state index in [-0.39, 0.29) is 18.9 Å². The van der Waals surface area contributed by atoms with Crippen LogP contribution in [0.4, 0.5) is 4.39 Å². The molecule has 0 radical (unpaired) electrons. The quantitative estimate of drug-likeness (QED) is 0.709. The molecule has 0 aliphatic rings. The summed E-state index contributed by atoms with van der Waals surface area (Å²) in [4.78, 5) is 23.2. The molecule has 0 amide bonds. The first-order chi connectivity index (χ1) is 11.7. The number of likely N-dealkylation sites (N-methyl/N-ethyl adjacent to an activating group) is 1. The number of aryl methyl sites for hydroxylation is 1. The molecule has 25 heavy (non-hydrogen) atoms. The highest BCUT2D eigenvalue weighted by molar-refractivity contribution is 7.89. The highest BCUT2D eigenvalue weighted by Crippen LogP contribution is 2.15. The van der Waals surface area contributed by atoms with Crippen LogP contribution in [0.15, 0.2) is 44.9 Å². The van der Waals surface area contributed by atoms with Gasteiger partial charge in [0.05, 0.1) is 0 Å². The lowest BCUT2D eigenvalue weighted by Crippen LogP contribution is -2.42. The van der Waals surface area contributed by atoms with Crippen LogP contribution in [-0.4, -0.2) is 42.1 Å². The second-order valence-corrected chi connectivity index (χ2v) is 7.37. The van der Waals surface area contributed by atoms with Crippen LogP contribution in [0, 0.1) is 5.82 Å². The Morgan fingerprint density at radius 3 is 2.48 bits per heavy atom. The average Bonchev–Trinajstić information content (AvgIpc) is 2.57. The molecule has 0 spiro atoms. The molecule has 0 atom stereocenters. The molecular formula is C15H18FN3O5S. The lowest BCUT2D eigenvalue weighted by atomic mass is 10.3. The second kappa shape index (κ2) is 7.19. The molecule has 0 fully saturated rings. The van der Waals surface area contributed by atoms with Gasteiger partial charge in [0.2, 0.25) is 10.0 Å². The summed E-state index contributed by atoms with van der Waals surface area (Å²) in [5, 5.41) is 0. The summed E-state index contributed by atoms with van der Waals surface area (Å²) in [6.07, 6.45) is 0.980. The van der Waals surface area contributed by atoms with Gasteiger partial charge in [-0.3, -0.25) is 9.36 Å². The molecule has 0 aliphatic carbocycles. The minimum absolute atomic E-state index is 0.00585. The van der Waals surface area contributed by atoms with Gasteiger partial charge in [-0.2, -0.15) is 4.31 Å². The van der Waals surface area contributed by atoms with E-state index in [1.54, 1.807) is 6.07 Å². The highest BCUT2D eigenvalue weighted by atomic mass is 32.2. The molecule has 1 heterocycles. The van der Waals surface area contributed by atoms with Gasteiger partial charge in [0.1, 0.15) is 6.61 Å². The van der Waals surface area contributed by atoms with Crippen molar-refractivity contribution < 1.29 is 17.5 Å². The summed E-state index contributed by atoms with van der Waals surface area (Å²) in [6.45, 7) is -0.217. The Morgan fingerprint density at radius 2 is 1.84 bits per heavy atom. The van der Waals surface area contributed by atoms with Crippen molar-refractivity contribution in [2.24, 2.45) is 14.1 Å². The van der Waals surface area contributed by atoms with Gasteiger partial charge >= 0.3 is 5.69 Å². The Morgan fingerprint density at radius 1 is 1.20 bits per heavy atom. The van der Waals surface area contributed by atoms with Crippen molar-refractivity contribution in [2.45, 2.75) is 4.90 Å². The van der Waals surface area contributed by atoms with Crippen molar-refractivity contribution in [1.29, 1.82) is 0 Å². The first kappa shape index (κ1) is 18.9. The van der Waals surface area contributed by atoms with Crippen LogP contribution >= 0.6 is 0 Å². The molecule has 0 bridgehead atoms. The fraction of sp³-hybridized carbons (Fsp3) is 0.333. The van der Waals surface area contributed by atoms with E-state index in [0.717, 1.165) is 19.6 Å². The predicted octanol–water partition coefficient (Wildman–Crippen LogP) is -0.0774. The van der Waals surface area contributed by atoms with Crippen LogP contribution in [0.25, 0.3) is 0 Å². The van der Waals surface area contributed by atoms with Gasteiger partial charge in [-0.1, -0.05) is 12.1 Å². The van der Waals surface area contributed by atoms with Crippen LogP contribution < -0.4 is 16.0 Å². The number of sulfonamides is 1. The Balaban J connectivity index is 2.19. The Hall–Kier alpha value is -2.46. The van der Waals surface area contributed by atoms with Crippen LogP contribution in [0.2, 0.25) is 0 Å². The summed E-state index contributed by atoms with van der Waals surface area (Å²) in [5.74, 6) is -0.550. The number of nitrogens with zero attached hydrogens (tertiary/aromatic N) is 3. The van der Waals surface area contributed by atoms with Crippen LogP contribution in [0.1, 0.15) is 0 Å². The standard InChI is InChI=1S/C15H18FN3O5S/c1-17-10-13(14(20)19(3)15(17)21)25(22,23)18(2)8-9-24-12-7-5-4-6-11(12)16/h4-7,10H,8-9H2,1-3H3. The maximum atomic E-state index is 13.5. The van der Waals surface area contributed by atoms with Gasteiger partial charge in [0.25, 0.3) is 5.56 Å². The number of benzene rings is 1. The Labute approximate surface area is 143 Å². The van der Waals surface area contributed by atoms with Gasteiger partial charge in [0, 0.05) is 33.9 Å². The van der Waals surface area contributed by atoms with E-state index >= 15 is 0 Å². The summed E-state index contributed by atoms with van der Waals surface area (Å²) in [6, 6.07) is 5.75. The Kier molecular flexibility index (Phi) is 5.43. The second-order valence-electron chi connectivity index (χ2n) is 5.36. The summed E-state index contributed by atoms with van der Waals surface area (Å²) in [5.41, 5.74) is -1.54. The van der Waals surface area contributed by atoms with Crippen molar-refractivity contribution >= 4 is 10.0 Å². The van der Waals surface area contributed by atoms with Crippen LogP contribution in [0.5, 0.6) is 5.75 Å². The van der Waals surface area contributed by atoms with Crippen molar-refractivity contribution in [2.75, 3.05) is 20.2 Å². The third-order valence-electron chi connectivity index (χ3n) is 3.60. The van der Waals surface area contributed by atoms with Gasteiger partial charge < -0.3 is 9.30 Å². The maximum absolute atomic E-state index is 13.5. The lowest BCUT2D eigenvalue weighted by molar-refractivity contribution is 0.275. The zero-order chi connectivity index (χ0) is 18.8. The topological polar surface area (TPSA) is 90.6 Å². The lowest BCUT2D eigenvalue weighted by Gasteiger charge is -2.18. The molecular weight excluding hydrogens is 353 g/mol. The monoisotopic (exact) mass is 371 g/mol. The van der Waals surface area contributed by atoms with E-state index in [1.165, 1.54) is 39.3 Å². The molecule has 0 saturated heterocycles. The van der Waals surface area contributed by atoms with Gasteiger partial charge in [-0.25, -0.2) is 17.6 Å². The molecule has 8 nitrogen and oxygen atoms in total. The van der Waals surface area contributed by atoms with E-state index in [1.807, 2.05) is 0 Å². The van der Waals surface area contributed by atoms with Crippen molar-refractivity contribution in [3.05, 3.63) is 57.1 Å². The average molecular weight is 371 g/mol. The summed E-state index contributed by atoms with van der Waals surface area (Å²) in [7, 11) is -0.312. The van der Waals surface area contributed by atoms with E-state index in [4.69, 9.17) is 4.74 Å². The zero-order valence-corrected chi connectivity index (χ0v) is 14.8. The maximum Gasteiger partial charge on any atom is 0.330 e. The molecule has 1 aromatic heterocycles. The minimum Gasteiger partial charge on any atom is -0.489 e. The number of para-hydroxylation sites is 1. The van der Waals surface area contributed by atoms with Gasteiger partial charge in [-0.05, 0) is 12.1 Å². The first-order valence-electron chi connectivity index (χ1n) is 7.26. The van der Waals surface area contributed by atoms with E-state index in [2.05, 4.69) is 0 Å². The van der Waals surface area contributed by atoms with Crippen molar-refractivity contribution in [3.63, 3.8) is 0 Å². The fourth-order valence-electron chi connectivity index (χ4n) is 2.09. The summed E-state index contributed by atoms with van der Waals surface area (Å²) < 4.78 is 46.4. The number of rotatable bonds is 6. The molecule has 0 unspecified atom stereocenters. The predicted molar refractivity (Wildman–Crippen MR) is 88.6 cm³/mol. The molecule has 1 aromatic carbocycles. The SMILES string of the molecule is CN(CCOc1ccccc1F)S(=O)(=O)c1cn(C)c(=O)n(C)c1=O. The molecule has 2 rings (SSSR count). The number of aromatic nitrogens is 2. The van der Waals surface area contributed by atoms with Gasteiger partial charge in [-0.15, -0.1) is 0 Å². The smallest absolute Gasteiger partial charge is 0.330 e. The molecule has 2 aromatic rings. The largest absolute Gasteiger partial charge is 0.489 e. The number of ether oxygens (including phenoxy) is 1. The van der Waals surface area contributed by atoms with E-state index in [0.29, 0.717) is 0 Å². The molecule has 0 N–H and O–H groups in total. The van der Waals surface area contributed by atoms with Crippen LogP contribution in [0.3, 0.4) is 0 Å². The Bertz CT molecular complexity index is 997. The van der Waals surface area contributed by atoms with E-state index in [9.17, 15) is 22.4 Å². The molecule has 10 heteroatoms.